The van der Waals surface area contributed by atoms with Crippen LogP contribution >= 0.6 is 11.8 Å². The number of carboxylic acids is 1. The average Bonchev–Trinajstić information content (AvgIpc) is 2.17. The van der Waals surface area contributed by atoms with Crippen LogP contribution in [0.4, 0.5) is 4.79 Å². The van der Waals surface area contributed by atoms with Crippen molar-refractivity contribution in [3.05, 3.63) is 0 Å². The molecule has 6 heteroatoms. The lowest BCUT2D eigenvalue weighted by atomic mass is 9.95. The number of alkyl carbamates (subject to hydrolysis) is 1. The number of hydrogen-bond donors (Lipinski definition) is 2. The second-order valence-corrected chi connectivity index (χ2v) is 6.62. The van der Waals surface area contributed by atoms with Crippen LogP contribution < -0.4 is 5.32 Å². The summed E-state index contributed by atoms with van der Waals surface area (Å²) < 4.78 is 5.19. The topological polar surface area (TPSA) is 75.6 Å². The van der Waals surface area contributed by atoms with E-state index in [9.17, 15) is 9.59 Å². The minimum Gasteiger partial charge on any atom is -0.481 e. The molecule has 1 rings (SSSR count). The third-order valence-electron chi connectivity index (χ3n) is 2.61. The fourth-order valence-electron chi connectivity index (χ4n) is 1.87. The Bertz CT molecular complexity index is 314. The minimum absolute atomic E-state index is 0.0197. The summed E-state index contributed by atoms with van der Waals surface area (Å²) >= 11 is 1.73. The number of ether oxygens (including phenoxy) is 1. The molecule has 1 aliphatic heterocycles. The highest BCUT2D eigenvalue weighted by Gasteiger charge is 2.30. The van der Waals surface area contributed by atoms with Crippen molar-refractivity contribution < 1.29 is 19.4 Å². The Hall–Kier alpha value is -0.910. The number of nitrogens with one attached hydrogen (secondary N) is 1. The van der Waals surface area contributed by atoms with E-state index in [1.165, 1.54) is 0 Å². The van der Waals surface area contributed by atoms with E-state index in [2.05, 4.69) is 5.32 Å². The largest absolute Gasteiger partial charge is 0.481 e. The molecule has 1 heterocycles. The van der Waals surface area contributed by atoms with Gasteiger partial charge in [0.05, 0.1) is 6.42 Å². The SMILES string of the molecule is CC(C)(C)OC(=O)N[C@@H]1CCSC[C@@H]1CC(=O)O. The molecule has 0 radical (unpaired) electrons. The summed E-state index contributed by atoms with van der Waals surface area (Å²) in [6, 6.07) is -0.0998. The highest BCUT2D eigenvalue weighted by molar-refractivity contribution is 7.99. The zero-order valence-electron chi connectivity index (χ0n) is 11.1. The van der Waals surface area contributed by atoms with Crippen molar-refractivity contribution in [1.82, 2.24) is 5.32 Å². The van der Waals surface area contributed by atoms with Gasteiger partial charge in [0.2, 0.25) is 0 Å². The Labute approximate surface area is 112 Å². The maximum absolute atomic E-state index is 11.7. The predicted octanol–water partition coefficient (Wildman–Crippen LogP) is 2.11. The molecule has 1 saturated heterocycles. The van der Waals surface area contributed by atoms with Crippen LogP contribution in [0.25, 0.3) is 0 Å². The molecule has 0 unspecified atom stereocenters. The molecule has 104 valence electrons. The summed E-state index contributed by atoms with van der Waals surface area (Å²) in [6.07, 6.45) is 0.421. The number of hydrogen-bond acceptors (Lipinski definition) is 4. The summed E-state index contributed by atoms with van der Waals surface area (Å²) in [5.74, 6) is 0.871. The van der Waals surface area contributed by atoms with E-state index in [-0.39, 0.29) is 18.4 Å². The van der Waals surface area contributed by atoms with Gasteiger partial charge in [-0.2, -0.15) is 11.8 Å². The Kier molecular flexibility index (Phi) is 5.31. The average molecular weight is 275 g/mol. The molecular formula is C12H21NO4S. The molecule has 1 aliphatic rings. The molecule has 0 aliphatic carbocycles. The van der Waals surface area contributed by atoms with Crippen LogP contribution in [0.1, 0.15) is 33.6 Å². The van der Waals surface area contributed by atoms with Gasteiger partial charge >= 0.3 is 12.1 Å². The van der Waals surface area contributed by atoms with Crippen LogP contribution in [0.2, 0.25) is 0 Å². The number of thioether (sulfide) groups is 1. The van der Waals surface area contributed by atoms with Crippen LogP contribution in [0.3, 0.4) is 0 Å². The molecular weight excluding hydrogens is 254 g/mol. The van der Waals surface area contributed by atoms with Crippen LogP contribution in [0.5, 0.6) is 0 Å². The molecule has 0 aromatic heterocycles. The van der Waals surface area contributed by atoms with Gasteiger partial charge < -0.3 is 15.2 Å². The molecule has 2 N–H and O–H groups in total. The molecule has 1 amide bonds. The Balaban J connectivity index is 2.51. The Morgan fingerprint density at radius 1 is 1.44 bits per heavy atom. The second-order valence-electron chi connectivity index (χ2n) is 5.47. The fourth-order valence-corrected chi connectivity index (χ4v) is 3.11. The lowest BCUT2D eigenvalue weighted by molar-refractivity contribution is -0.138. The van der Waals surface area contributed by atoms with Crippen molar-refractivity contribution in [2.75, 3.05) is 11.5 Å². The van der Waals surface area contributed by atoms with Gasteiger partial charge in [0.25, 0.3) is 0 Å². The zero-order valence-corrected chi connectivity index (χ0v) is 11.9. The van der Waals surface area contributed by atoms with Gasteiger partial charge in [-0.1, -0.05) is 0 Å². The van der Waals surface area contributed by atoms with Gasteiger partial charge in [0, 0.05) is 6.04 Å². The minimum atomic E-state index is -0.821. The number of rotatable bonds is 3. The van der Waals surface area contributed by atoms with Crippen LogP contribution in [-0.2, 0) is 9.53 Å². The Morgan fingerprint density at radius 3 is 2.67 bits per heavy atom. The van der Waals surface area contributed by atoms with Gasteiger partial charge in [0.15, 0.2) is 0 Å². The summed E-state index contributed by atoms with van der Waals surface area (Å²) in [4.78, 5) is 22.4. The van der Waals surface area contributed by atoms with E-state index < -0.39 is 17.7 Å². The first-order chi connectivity index (χ1) is 8.28. The van der Waals surface area contributed by atoms with Crippen molar-refractivity contribution in [2.24, 2.45) is 5.92 Å². The number of carboxylic acid groups (broad SMARTS) is 1. The highest BCUT2D eigenvalue weighted by atomic mass is 32.2. The summed E-state index contributed by atoms with van der Waals surface area (Å²) in [5, 5.41) is 11.6. The zero-order chi connectivity index (χ0) is 13.8. The highest BCUT2D eigenvalue weighted by Crippen LogP contribution is 2.26. The van der Waals surface area contributed by atoms with E-state index >= 15 is 0 Å². The number of carbonyl (C=O) groups is 2. The van der Waals surface area contributed by atoms with Crippen molar-refractivity contribution in [1.29, 1.82) is 0 Å². The molecule has 0 saturated carbocycles. The molecule has 1 fully saturated rings. The first kappa shape index (κ1) is 15.1. The number of aliphatic carboxylic acids is 1. The third kappa shape index (κ3) is 5.62. The molecule has 18 heavy (non-hydrogen) atoms. The molecule has 0 aromatic carbocycles. The lowest BCUT2D eigenvalue weighted by Crippen LogP contribution is -2.46. The summed E-state index contributed by atoms with van der Waals surface area (Å²) in [6.45, 7) is 5.41. The summed E-state index contributed by atoms with van der Waals surface area (Å²) in [7, 11) is 0. The standard InChI is InChI=1S/C12H21NO4S/c1-12(2,3)17-11(16)13-9-4-5-18-7-8(9)6-10(14)15/h8-9H,4-7H2,1-3H3,(H,13,16)(H,14,15)/t8-,9+/m0/s1. The normalized spacial score (nSPS) is 24.4. The van der Waals surface area contributed by atoms with Crippen molar-refractivity contribution >= 4 is 23.8 Å². The van der Waals surface area contributed by atoms with Crippen molar-refractivity contribution in [3.8, 4) is 0 Å². The maximum Gasteiger partial charge on any atom is 0.407 e. The lowest BCUT2D eigenvalue weighted by Gasteiger charge is -2.31. The number of amides is 1. The molecule has 5 nitrogen and oxygen atoms in total. The van der Waals surface area contributed by atoms with Gasteiger partial charge in [-0.05, 0) is 44.6 Å². The fraction of sp³-hybridized carbons (Fsp3) is 0.833. The van der Waals surface area contributed by atoms with Crippen molar-refractivity contribution in [2.45, 2.75) is 45.3 Å². The van der Waals surface area contributed by atoms with Crippen molar-refractivity contribution in [3.63, 3.8) is 0 Å². The predicted molar refractivity (Wildman–Crippen MR) is 70.8 cm³/mol. The van der Waals surface area contributed by atoms with E-state index in [0.717, 1.165) is 17.9 Å². The Morgan fingerprint density at radius 2 is 2.11 bits per heavy atom. The third-order valence-corrected chi connectivity index (χ3v) is 3.80. The molecule has 2 atom stereocenters. The first-order valence-electron chi connectivity index (χ1n) is 6.07. The van der Waals surface area contributed by atoms with E-state index in [1.54, 1.807) is 32.5 Å². The van der Waals surface area contributed by atoms with Gasteiger partial charge in [-0.25, -0.2) is 4.79 Å². The number of carbonyl (C=O) groups excluding carboxylic acids is 1. The van der Waals surface area contributed by atoms with E-state index in [0.29, 0.717) is 0 Å². The smallest absolute Gasteiger partial charge is 0.407 e. The van der Waals surface area contributed by atoms with Gasteiger partial charge in [0.1, 0.15) is 5.60 Å². The molecule has 0 aromatic rings. The second kappa shape index (κ2) is 6.31. The van der Waals surface area contributed by atoms with Crippen LogP contribution in [-0.4, -0.2) is 40.3 Å². The van der Waals surface area contributed by atoms with E-state index in [1.807, 2.05) is 0 Å². The summed E-state index contributed by atoms with van der Waals surface area (Å²) in [5.41, 5.74) is -0.532. The maximum atomic E-state index is 11.7. The van der Waals surface area contributed by atoms with Crippen LogP contribution in [0.15, 0.2) is 0 Å². The van der Waals surface area contributed by atoms with Gasteiger partial charge in [-0.3, -0.25) is 4.79 Å². The van der Waals surface area contributed by atoms with Crippen LogP contribution in [0, 0.1) is 5.92 Å². The van der Waals surface area contributed by atoms with E-state index in [4.69, 9.17) is 9.84 Å². The first-order valence-corrected chi connectivity index (χ1v) is 7.22. The monoisotopic (exact) mass is 275 g/mol. The van der Waals surface area contributed by atoms with Gasteiger partial charge in [-0.15, -0.1) is 0 Å². The molecule has 0 spiro atoms. The quantitative estimate of drug-likeness (QED) is 0.825. The molecule has 0 bridgehead atoms.